The molecular weight excluding hydrogens is 222 g/mol. The van der Waals surface area contributed by atoms with E-state index >= 15 is 0 Å². The molecule has 2 heteroatoms. The first-order chi connectivity index (χ1) is 8.63. The van der Waals surface area contributed by atoms with Crippen LogP contribution in [0.2, 0.25) is 0 Å². The molecule has 2 atom stereocenters. The Morgan fingerprint density at radius 2 is 1.89 bits per heavy atom. The van der Waals surface area contributed by atoms with Gasteiger partial charge in [0.05, 0.1) is 0 Å². The monoisotopic (exact) mass is 245 g/mol. The third kappa shape index (κ3) is 1.38. The highest BCUT2D eigenvalue weighted by Gasteiger charge is 2.58. The molecule has 4 saturated carbocycles. The Hall–Kier alpha value is -0.760. The fraction of sp³-hybridized carbons (Fsp3) is 0.750. The summed E-state index contributed by atoms with van der Waals surface area (Å²) in [4.78, 5) is 0. The maximum absolute atomic E-state index is 6.03. The Morgan fingerprint density at radius 3 is 2.44 bits per heavy atom. The lowest BCUT2D eigenvalue weighted by molar-refractivity contribution is -0.0457. The highest BCUT2D eigenvalue weighted by Crippen LogP contribution is 2.62. The zero-order valence-electron chi connectivity index (χ0n) is 11.5. The second-order valence-electron chi connectivity index (χ2n) is 7.18. The van der Waals surface area contributed by atoms with Crippen LogP contribution in [0.5, 0.6) is 0 Å². The van der Waals surface area contributed by atoms with Crippen LogP contribution in [0.3, 0.4) is 0 Å². The van der Waals surface area contributed by atoms with Crippen molar-refractivity contribution < 1.29 is 4.42 Å². The second kappa shape index (κ2) is 3.41. The highest BCUT2D eigenvalue weighted by molar-refractivity contribution is 5.26. The number of hydrogen-bond acceptors (Lipinski definition) is 2. The molecule has 1 N–H and O–H groups in total. The summed E-state index contributed by atoms with van der Waals surface area (Å²) >= 11 is 0. The summed E-state index contributed by atoms with van der Waals surface area (Å²) in [5, 5.41) is 3.67. The third-order valence-corrected chi connectivity index (χ3v) is 5.85. The molecule has 1 aromatic rings. The summed E-state index contributed by atoms with van der Waals surface area (Å²) in [5.74, 6) is 4.18. The predicted octanol–water partition coefficient (Wildman–Crippen LogP) is 3.40. The molecule has 1 heterocycles. The van der Waals surface area contributed by atoms with Gasteiger partial charge in [0.1, 0.15) is 11.5 Å². The van der Waals surface area contributed by atoms with Gasteiger partial charge in [0.15, 0.2) is 0 Å². The van der Waals surface area contributed by atoms with Crippen molar-refractivity contribution in [3.05, 3.63) is 23.7 Å². The Balaban J connectivity index is 1.77. The van der Waals surface area contributed by atoms with Gasteiger partial charge in [-0.05, 0) is 76.5 Å². The Bertz CT molecular complexity index is 461. The topological polar surface area (TPSA) is 25.2 Å². The summed E-state index contributed by atoms with van der Waals surface area (Å²) in [6.07, 6.45) is 8.25. The average Bonchev–Trinajstić information content (AvgIpc) is 2.75. The molecule has 98 valence electrons. The van der Waals surface area contributed by atoms with E-state index in [0.29, 0.717) is 11.0 Å². The first kappa shape index (κ1) is 11.1. The molecule has 2 nitrogen and oxygen atoms in total. The van der Waals surface area contributed by atoms with E-state index in [2.05, 4.69) is 31.4 Å². The number of hydrogen-bond donors (Lipinski definition) is 1. The quantitative estimate of drug-likeness (QED) is 0.864. The summed E-state index contributed by atoms with van der Waals surface area (Å²) < 4.78 is 6.03. The predicted molar refractivity (Wildman–Crippen MR) is 71.6 cm³/mol. The van der Waals surface area contributed by atoms with Crippen LogP contribution in [0.15, 0.2) is 16.5 Å². The van der Waals surface area contributed by atoms with Gasteiger partial charge in [-0.3, -0.25) is 0 Å². The standard InChI is InChI=1S/C16H23NO/c1-11-3-4-14(18-11)15-6-12-5-13(7-15)9-16(8-12,10-15)17-2/h3-4,12-13,17H,5-10H2,1-2H3. The van der Waals surface area contributed by atoms with E-state index in [0.717, 1.165) is 17.6 Å². The van der Waals surface area contributed by atoms with Gasteiger partial charge in [0.2, 0.25) is 0 Å². The molecule has 0 radical (unpaired) electrons. The molecule has 2 unspecified atom stereocenters. The number of aryl methyl sites for hydroxylation is 1. The van der Waals surface area contributed by atoms with Crippen molar-refractivity contribution in [1.82, 2.24) is 5.32 Å². The molecule has 5 rings (SSSR count). The largest absolute Gasteiger partial charge is 0.466 e. The average molecular weight is 245 g/mol. The molecule has 4 fully saturated rings. The highest BCUT2D eigenvalue weighted by atomic mass is 16.3. The lowest BCUT2D eigenvalue weighted by atomic mass is 9.46. The van der Waals surface area contributed by atoms with Crippen molar-refractivity contribution in [2.45, 2.75) is 56.4 Å². The van der Waals surface area contributed by atoms with Crippen molar-refractivity contribution in [2.75, 3.05) is 7.05 Å². The smallest absolute Gasteiger partial charge is 0.110 e. The Kier molecular flexibility index (Phi) is 2.10. The van der Waals surface area contributed by atoms with Crippen molar-refractivity contribution in [3.63, 3.8) is 0 Å². The van der Waals surface area contributed by atoms with E-state index < -0.39 is 0 Å². The Labute approximate surface area is 109 Å². The lowest BCUT2D eigenvalue weighted by Crippen LogP contribution is -2.62. The zero-order chi connectivity index (χ0) is 12.4. The molecule has 0 aromatic carbocycles. The molecule has 0 aliphatic heterocycles. The van der Waals surface area contributed by atoms with Gasteiger partial charge in [0.25, 0.3) is 0 Å². The van der Waals surface area contributed by atoms with Crippen LogP contribution in [0, 0.1) is 18.8 Å². The van der Waals surface area contributed by atoms with Crippen molar-refractivity contribution in [2.24, 2.45) is 11.8 Å². The minimum atomic E-state index is 0.349. The molecule has 1 aromatic heterocycles. The molecule has 0 amide bonds. The van der Waals surface area contributed by atoms with Gasteiger partial charge in [-0.15, -0.1) is 0 Å². The van der Waals surface area contributed by atoms with Crippen LogP contribution in [-0.2, 0) is 5.41 Å². The van der Waals surface area contributed by atoms with Crippen molar-refractivity contribution in [3.8, 4) is 0 Å². The van der Waals surface area contributed by atoms with Crippen LogP contribution in [-0.4, -0.2) is 12.6 Å². The molecular formula is C16H23NO. The molecule has 4 bridgehead atoms. The number of nitrogens with one attached hydrogen (secondary N) is 1. The molecule has 4 aliphatic carbocycles. The van der Waals surface area contributed by atoms with Crippen LogP contribution in [0.25, 0.3) is 0 Å². The van der Waals surface area contributed by atoms with E-state index in [9.17, 15) is 0 Å². The third-order valence-electron chi connectivity index (χ3n) is 5.85. The summed E-state index contributed by atoms with van der Waals surface area (Å²) in [6.45, 7) is 2.07. The zero-order valence-corrected chi connectivity index (χ0v) is 11.5. The molecule has 4 aliphatic rings. The minimum absolute atomic E-state index is 0.349. The van der Waals surface area contributed by atoms with E-state index in [4.69, 9.17) is 4.42 Å². The Morgan fingerprint density at radius 1 is 1.17 bits per heavy atom. The van der Waals surface area contributed by atoms with Crippen LogP contribution in [0.4, 0.5) is 0 Å². The van der Waals surface area contributed by atoms with Gasteiger partial charge in [-0.2, -0.15) is 0 Å². The second-order valence-corrected chi connectivity index (χ2v) is 7.18. The molecule has 0 spiro atoms. The fourth-order valence-electron chi connectivity index (χ4n) is 5.56. The van der Waals surface area contributed by atoms with E-state index in [1.807, 2.05) is 0 Å². The minimum Gasteiger partial charge on any atom is -0.466 e. The summed E-state index contributed by atoms with van der Waals surface area (Å²) in [5.41, 5.74) is 0.756. The van der Waals surface area contributed by atoms with Gasteiger partial charge in [-0.1, -0.05) is 0 Å². The van der Waals surface area contributed by atoms with Crippen LogP contribution >= 0.6 is 0 Å². The maximum Gasteiger partial charge on any atom is 0.110 e. The van der Waals surface area contributed by atoms with Crippen LogP contribution < -0.4 is 5.32 Å². The first-order valence-corrected chi connectivity index (χ1v) is 7.39. The van der Waals surface area contributed by atoms with E-state index in [-0.39, 0.29) is 0 Å². The SMILES string of the molecule is CNC12CC3CC(C1)CC(c1ccc(C)o1)(C3)C2. The molecule has 0 saturated heterocycles. The number of furan rings is 1. The van der Waals surface area contributed by atoms with Crippen molar-refractivity contribution in [1.29, 1.82) is 0 Å². The fourth-order valence-corrected chi connectivity index (χ4v) is 5.56. The van der Waals surface area contributed by atoms with Gasteiger partial charge >= 0.3 is 0 Å². The van der Waals surface area contributed by atoms with E-state index in [1.54, 1.807) is 0 Å². The summed E-state index contributed by atoms with van der Waals surface area (Å²) in [6, 6.07) is 4.38. The lowest BCUT2D eigenvalue weighted by Gasteiger charge is -2.61. The maximum atomic E-state index is 6.03. The van der Waals surface area contributed by atoms with Gasteiger partial charge in [0, 0.05) is 11.0 Å². The molecule has 18 heavy (non-hydrogen) atoms. The normalized spacial score (nSPS) is 45.7. The van der Waals surface area contributed by atoms with E-state index in [1.165, 1.54) is 44.3 Å². The summed E-state index contributed by atoms with van der Waals surface area (Å²) in [7, 11) is 2.16. The van der Waals surface area contributed by atoms with Gasteiger partial charge < -0.3 is 9.73 Å². The van der Waals surface area contributed by atoms with Crippen LogP contribution in [0.1, 0.15) is 50.0 Å². The van der Waals surface area contributed by atoms with Gasteiger partial charge in [-0.25, -0.2) is 0 Å². The first-order valence-electron chi connectivity index (χ1n) is 7.39. The van der Waals surface area contributed by atoms with Crippen molar-refractivity contribution >= 4 is 0 Å². The number of rotatable bonds is 2.